The van der Waals surface area contributed by atoms with Gasteiger partial charge in [0.25, 0.3) is 0 Å². The summed E-state index contributed by atoms with van der Waals surface area (Å²) in [4.78, 5) is 13.1. The van der Waals surface area contributed by atoms with E-state index < -0.39 is 6.04 Å². The van der Waals surface area contributed by atoms with Gasteiger partial charge < -0.3 is 10.1 Å². The van der Waals surface area contributed by atoms with E-state index in [1.54, 1.807) is 0 Å². The number of ether oxygens (including phenoxy) is 1. The fourth-order valence-electron chi connectivity index (χ4n) is 1.32. The van der Waals surface area contributed by atoms with Crippen LogP contribution in [-0.4, -0.2) is 42.6 Å². The minimum Gasteiger partial charge on any atom is -0.377 e. The van der Waals surface area contributed by atoms with Crippen LogP contribution < -0.4 is 5.32 Å². The summed E-state index contributed by atoms with van der Waals surface area (Å²) in [5.74, 6) is -0.138. The van der Waals surface area contributed by atoms with Gasteiger partial charge in [-0.05, 0) is 13.8 Å². The Morgan fingerprint density at radius 3 is 3.00 bits per heavy atom. The van der Waals surface area contributed by atoms with Gasteiger partial charge in [-0.15, -0.1) is 0 Å². The van der Waals surface area contributed by atoms with Crippen molar-refractivity contribution < 1.29 is 9.53 Å². The van der Waals surface area contributed by atoms with Crippen molar-refractivity contribution in [3.63, 3.8) is 0 Å². The molecule has 0 bridgehead atoms. The summed E-state index contributed by atoms with van der Waals surface area (Å²) >= 11 is 0. The number of hydrogen-bond acceptors (Lipinski definition) is 4. The smallest absolute Gasteiger partial charge is 0.246 e. The Kier molecular flexibility index (Phi) is 3.72. The lowest BCUT2D eigenvalue weighted by atomic mass is 10.2. The lowest BCUT2D eigenvalue weighted by Crippen LogP contribution is -2.52. The molecular formula is C9H15N3O2. The second-order valence-corrected chi connectivity index (χ2v) is 3.55. The predicted molar refractivity (Wildman–Crippen MR) is 50.2 cm³/mol. The summed E-state index contributed by atoms with van der Waals surface area (Å²) in [5, 5.41) is 11.5. The van der Waals surface area contributed by atoms with Crippen LogP contribution in [0.5, 0.6) is 0 Å². The second-order valence-electron chi connectivity index (χ2n) is 3.55. The molecule has 1 fully saturated rings. The number of rotatable bonds is 2. The first-order valence-corrected chi connectivity index (χ1v) is 4.69. The lowest BCUT2D eigenvalue weighted by Gasteiger charge is -2.30. The van der Waals surface area contributed by atoms with Crippen LogP contribution in [0.1, 0.15) is 13.8 Å². The zero-order valence-electron chi connectivity index (χ0n) is 8.49. The first-order chi connectivity index (χ1) is 6.65. The van der Waals surface area contributed by atoms with Crippen LogP contribution >= 0.6 is 0 Å². The van der Waals surface area contributed by atoms with Gasteiger partial charge in [0.1, 0.15) is 6.04 Å². The molecule has 5 heteroatoms. The van der Waals surface area contributed by atoms with Crippen molar-refractivity contribution in [3.8, 4) is 6.19 Å². The standard InChI is InChI=1S/C9H15N3O2/c1-7(2)11-9(13)8-5-14-4-3-12(8)6-10/h7-8H,3-5H2,1-2H3,(H,11,13). The van der Waals surface area contributed by atoms with Crippen molar-refractivity contribution in [2.75, 3.05) is 19.8 Å². The van der Waals surface area contributed by atoms with Gasteiger partial charge in [-0.1, -0.05) is 0 Å². The van der Waals surface area contributed by atoms with Gasteiger partial charge in [0, 0.05) is 6.04 Å². The topological polar surface area (TPSA) is 65.4 Å². The third-order valence-corrected chi connectivity index (χ3v) is 1.99. The van der Waals surface area contributed by atoms with Crippen LogP contribution in [0.3, 0.4) is 0 Å². The molecular weight excluding hydrogens is 182 g/mol. The average Bonchev–Trinajstić information content (AvgIpc) is 2.16. The highest BCUT2D eigenvalue weighted by atomic mass is 16.5. The predicted octanol–water partition coefficient (Wildman–Crippen LogP) is -0.307. The average molecular weight is 197 g/mol. The molecule has 5 nitrogen and oxygen atoms in total. The third kappa shape index (κ3) is 2.60. The van der Waals surface area contributed by atoms with Crippen LogP contribution in [0.2, 0.25) is 0 Å². The van der Waals surface area contributed by atoms with Crippen LogP contribution in [0.4, 0.5) is 0 Å². The molecule has 1 heterocycles. The van der Waals surface area contributed by atoms with Crippen LogP contribution in [-0.2, 0) is 9.53 Å². The van der Waals surface area contributed by atoms with E-state index in [-0.39, 0.29) is 11.9 Å². The summed E-state index contributed by atoms with van der Waals surface area (Å²) in [6, 6.07) is -0.374. The van der Waals surface area contributed by atoms with E-state index in [0.717, 1.165) is 0 Å². The van der Waals surface area contributed by atoms with Gasteiger partial charge in [-0.3, -0.25) is 9.69 Å². The van der Waals surface area contributed by atoms with E-state index in [2.05, 4.69) is 5.32 Å². The van der Waals surface area contributed by atoms with E-state index in [4.69, 9.17) is 10.00 Å². The van der Waals surface area contributed by atoms with Crippen molar-refractivity contribution in [2.45, 2.75) is 25.9 Å². The molecule has 0 aromatic heterocycles. The number of nitriles is 1. The van der Waals surface area contributed by atoms with E-state index in [9.17, 15) is 4.79 Å². The first-order valence-electron chi connectivity index (χ1n) is 4.69. The molecule has 1 aliphatic rings. The number of carbonyl (C=O) groups excluding carboxylic acids is 1. The molecule has 1 atom stereocenters. The minimum atomic E-state index is -0.462. The highest BCUT2D eigenvalue weighted by Gasteiger charge is 2.28. The highest BCUT2D eigenvalue weighted by molar-refractivity contribution is 5.82. The molecule has 1 unspecified atom stereocenters. The number of nitrogens with one attached hydrogen (secondary N) is 1. The number of carbonyl (C=O) groups is 1. The number of nitrogens with zero attached hydrogens (tertiary/aromatic N) is 2. The minimum absolute atomic E-state index is 0.0879. The fraction of sp³-hybridized carbons (Fsp3) is 0.778. The SMILES string of the molecule is CC(C)NC(=O)C1COCCN1C#N. The van der Waals surface area contributed by atoms with E-state index in [1.165, 1.54) is 4.90 Å². The van der Waals surface area contributed by atoms with Crippen molar-refractivity contribution in [2.24, 2.45) is 0 Å². The molecule has 0 aromatic rings. The van der Waals surface area contributed by atoms with Crippen molar-refractivity contribution >= 4 is 5.91 Å². The van der Waals surface area contributed by atoms with Crippen LogP contribution in [0.25, 0.3) is 0 Å². The fourth-order valence-corrected chi connectivity index (χ4v) is 1.32. The molecule has 0 aliphatic carbocycles. The molecule has 1 saturated heterocycles. The Balaban J connectivity index is 2.55. The molecule has 14 heavy (non-hydrogen) atoms. The van der Waals surface area contributed by atoms with E-state index in [0.29, 0.717) is 19.8 Å². The maximum Gasteiger partial charge on any atom is 0.246 e. The Morgan fingerprint density at radius 1 is 1.71 bits per heavy atom. The molecule has 1 N–H and O–H groups in total. The van der Waals surface area contributed by atoms with Gasteiger partial charge in [0.2, 0.25) is 5.91 Å². The summed E-state index contributed by atoms with van der Waals surface area (Å²) in [5.41, 5.74) is 0. The summed E-state index contributed by atoms with van der Waals surface area (Å²) < 4.78 is 5.16. The van der Waals surface area contributed by atoms with E-state index >= 15 is 0 Å². The number of hydrogen-bond donors (Lipinski definition) is 1. The van der Waals surface area contributed by atoms with Gasteiger partial charge in [0.15, 0.2) is 6.19 Å². The molecule has 1 rings (SSSR count). The molecule has 78 valence electrons. The first kappa shape index (κ1) is 10.8. The molecule has 1 aliphatic heterocycles. The largest absolute Gasteiger partial charge is 0.377 e. The molecule has 1 amide bonds. The van der Waals surface area contributed by atoms with E-state index in [1.807, 2.05) is 20.0 Å². The zero-order valence-corrected chi connectivity index (χ0v) is 8.49. The van der Waals surface area contributed by atoms with Crippen LogP contribution in [0.15, 0.2) is 0 Å². The second kappa shape index (κ2) is 4.82. The Labute approximate surface area is 83.6 Å². The Hall–Kier alpha value is -1.28. The van der Waals surface area contributed by atoms with Crippen LogP contribution in [0, 0.1) is 11.5 Å². The lowest BCUT2D eigenvalue weighted by molar-refractivity contribution is -0.130. The maximum absolute atomic E-state index is 11.6. The normalized spacial score (nSPS) is 21.9. The summed E-state index contributed by atoms with van der Waals surface area (Å²) in [7, 11) is 0. The Morgan fingerprint density at radius 2 is 2.43 bits per heavy atom. The Bertz CT molecular complexity index is 247. The third-order valence-electron chi connectivity index (χ3n) is 1.99. The van der Waals surface area contributed by atoms with Gasteiger partial charge in [-0.2, -0.15) is 5.26 Å². The molecule has 0 saturated carbocycles. The van der Waals surface area contributed by atoms with Gasteiger partial charge in [0.05, 0.1) is 19.8 Å². The van der Waals surface area contributed by atoms with Crippen molar-refractivity contribution in [1.29, 1.82) is 5.26 Å². The summed E-state index contributed by atoms with van der Waals surface area (Å²) in [6.45, 7) is 5.08. The summed E-state index contributed by atoms with van der Waals surface area (Å²) in [6.07, 6.45) is 2.00. The molecule has 0 aromatic carbocycles. The quantitative estimate of drug-likeness (QED) is 0.617. The highest BCUT2D eigenvalue weighted by Crippen LogP contribution is 2.05. The monoisotopic (exact) mass is 197 g/mol. The van der Waals surface area contributed by atoms with Crippen molar-refractivity contribution in [3.05, 3.63) is 0 Å². The number of amides is 1. The zero-order chi connectivity index (χ0) is 10.6. The molecule has 0 radical (unpaired) electrons. The number of morpholine rings is 1. The maximum atomic E-state index is 11.6. The molecule has 0 spiro atoms. The van der Waals surface area contributed by atoms with Crippen molar-refractivity contribution in [1.82, 2.24) is 10.2 Å². The van der Waals surface area contributed by atoms with Gasteiger partial charge >= 0.3 is 0 Å². The van der Waals surface area contributed by atoms with Gasteiger partial charge in [-0.25, -0.2) is 0 Å².